The molecule has 0 aliphatic rings. The summed E-state index contributed by atoms with van der Waals surface area (Å²) in [7, 11) is 0. The maximum absolute atomic E-state index is 10.9. The summed E-state index contributed by atoms with van der Waals surface area (Å²) >= 11 is 0. The highest BCUT2D eigenvalue weighted by Gasteiger charge is 2.19. The summed E-state index contributed by atoms with van der Waals surface area (Å²) in [4.78, 5) is 24.9. The number of benzene rings is 2. The van der Waals surface area contributed by atoms with Gasteiger partial charge in [0.1, 0.15) is 16.8 Å². The fourth-order valence-electron chi connectivity index (χ4n) is 2.07. The van der Waals surface area contributed by atoms with Crippen LogP contribution in [0.1, 0.15) is 10.4 Å². The van der Waals surface area contributed by atoms with Crippen molar-refractivity contribution in [3.05, 3.63) is 46.0 Å². The van der Waals surface area contributed by atoms with Gasteiger partial charge < -0.3 is 19.7 Å². The Balaban J connectivity index is 2.12. The first-order chi connectivity index (χ1) is 10.9. The van der Waals surface area contributed by atoms with Crippen LogP contribution in [0.15, 0.2) is 34.7 Å². The molecular weight excluding hydrogens is 308 g/mol. The lowest BCUT2D eigenvalue weighted by Gasteiger charge is -2.00. The highest BCUT2D eigenvalue weighted by molar-refractivity contribution is 5.91. The summed E-state index contributed by atoms with van der Waals surface area (Å²) in [5.41, 5.74) is -0.249. The van der Waals surface area contributed by atoms with Crippen molar-refractivity contribution in [2.75, 3.05) is 0 Å². The van der Waals surface area contributed by atoms with Crippen LogP contribution in [-0.4, -0.2) is 31.2 Å². The van der Waals surface area contributed by atoms with Gasteiger partial charge in [-0.3, -0.25) is 10.1 Å². The molecule has 0 saturated heterocycles. The van der Waals surface area contributed by atoms with Gasteiger partial charge in [-0.1, -0.05) is 0 Å². The van der Waals surface area contributed by atoms with Gasteiger partial charge in [0.05, 0.1) is 4.92 Å². The number of carbonyl (C=O) groups is 1. The van der Waals surface area contributed by atoms with Crippen LogP contribution in [0.4, 0.5) is 5.69 Å². The predicted molar refractivity (Wildman–Crippen MR) is 76.4 cm³/mol. The lowest BCUT2D eigenvalue weighted by atomic mass is 10.1. The smallest absolute Gasteiger partial charge is 0.339 e. The first-order valence-corrected chi connectivity index (χ1v) is 6.21. The molecular formula is C14H8N2O7. The summed E-state index contributed by atoms with van der Waals surface area (Å²) in [5.74, 6) is -2.29. The molecule has 3 N–H and O–H groups in total. The summed E-state index contributed by atoms with van der Waals surface area (Å²) in [6.45, 7) is 0. The van der Waals surface area contributed by atoms with E-state index in [0.717, 1.165) is 18.2 Å². The Labute approximate surface area is 127 Å². The number of rotatable bonds is 3. The van der Waals surface area contributed by atoms with Crippen molar-refractivity contribution in [3.8, 4) is 23.0 Å². The van der Waals surface area contributed by atoms with E-state index in [-0.39, 0.29) is 28.1 Å². The number of nitrogens with zero attached hydrogens (tertiary/aromatic N) is 2. The van der Waals surface area contributed by atoms with Crippen molar-refractivity contribution < 1.29 is 29.5 Å². The van der Waals surface area contributed by atoms with Gasteiger partial charge in [0.2, 0.25) is 5.89 Å². The van der Waals surface area contributed by atoms with E-state index in [1.807, 2.05) is 0 Å². The molecule has 0 fully saturated rings. The second kappa shape index (κ2) is 4.98. The first-order valence-electron chi connectivity index (χ1n) is 6.21. The number of phenols is 2. The van der Waals surface area contributed by atoms with Crippen molar-refractivity contribution in [2.45, 2.75) is 0 Å². The second-order valence-corrected chi connectivity index (χ2v) is 4.62. The third-order valence-electron chi connectivity index (χ3n) is 3.16. The van der Waals surface area contributed by atoms with Crippen molar-refractivity contribution in [1.82, 2.24) is 4.98 Å². The summed E-state index contributed by atoms with van der Waals surface area (Å²) in [6, 6.07) is 5.84. The third kappa shape index (κ3) is 2.39. The molecule has 9 heteroatoms. The third-order valence-corrected chi connectivity index (χ3v) is 3.16. The highest BCUT2D eigenvalue weighted by atomic mass is 16.6. The Morgan fingerprint density at radius 1 is 1.17 bits per heavy atom. The molecule has 1 aromatic heterocycles. The van der Waals surface area contributed by atoms with E-state index in [9.17, 15) is 25.1 Å². The molecule has 1 heterocycles. The van der Waals surface area contributed by atoms with E-state index in [1.54, 1.807) is 0 Å². The Bertz CT molecular complexity index is 961. The molecule has 3 rings (SSSR count). The van der Waals surface area contributed by atoms with Gasteiger partial charge in [-0.25, -0.2) is 9.78 Å². The number of phenolic OH excluding ortho intramolecular Hbond substituents is 1. The molecule has 0 amide bonds. The fraction of sp³-hybridized carbons (Fsp3) is 0. The van der Waals surface area contributed by atoms with Gasteiger partial charge in [-0.05, 0) is 18.2 Å². The van der Waals surface area contributed by atoms with E-state index in [1.165, 1.54) is 12.1 Å². The van der Waals surface area contributed by atoms with Gasteiger partial charge in [0.15, 0.2) is 11.3 Å². The minimum absolute atomic E-state index is 0.0205. The number of carboxylic acid groups (broad SMARTS) is 1. The molecule has 2 aromatic carbocycles. The van der Waals surface area contributed by atoms with Gasteiger partial charge in [-0.2, -0.15) is 0 Å². The monoisotopic (exact) mass is 316 g/mol. The lowest BCUT2D eigenvalue weighted by molar-refractivity contribution is -0.385. The molecule has 0 bridgehead atoms. The molecule has 0 aliphatic heterocycles. The van der Waals surface area contributed by atoms with Crippen molar-refractivity contribution in [3.63, 3.8) is 0 Å². The molecule has 9 nitrogen and oxygen atoms in total. The molecule has 0 saturated carbocycles. The van der Waals surface area contributed by atoms with Crippen molar-refractivity contribution in [2.24, 2.45) is 0 Å². The number of aromatic hydroxyl groups is 2. The Kier molecular flexibility index (Phi) is 3.10. The number of hydrogen-bond donors (Lipinski definition) is 3. The Morgan fingerprint density at radius 2 is 1.91 bits per heavy atom. The second-order valence-electron chi connectivity index (χ2n) is 4.62. The van der Waals surface area contributed by atoms with Crippen LogP contribution in [-0.2, 0) is 0 Å². The predicted octanol–water partition coefficient (Wildman–Crippen LogP) is 2.51. The van der Waals surface area contributed by atoms with E-state index in [0.29, 0.717) is 0 Å². The summed E-state index contributed by atoms with van der Waals surface area (Å²) in [6.07, 6.45) is 0. The maximum Gasteiger partial charge on any atom is 0.339 e. The molecule has 23 heavy (non-hydrogen) atoms. The van der Waals surface area contributed by atoms with Crippen LogP contribution < -0.4 is 0 Å². The average molecular weight is 316 g/mol. The number of nitro groups is 1. The lowest BCUT2D eigenvalue weighted by Crippen LogP contribution is -1.96. The number of aromatic nitrogens is 1. The van der Waals surface area contributed by atoms with Crippen molar-refractivity contribution >= 4 is 22.8 Å². The zero-order valence-electron chi connectivity index (χ0n) is 11.3. The average Bonchev–Trinajstić information content (AvgIpc) is 2.88. The van der Waals surface area contributed by atoms with E-state index >= 15 is 0 Å². The van der Waals surface area contributed by atoms with Gasteiger partial charge in [0.25, 0.3) is 0 Å². The minimum atomic E-state index is -1.29. The van der Waals surface area contributed by atoms with E-state index in [2.05, 4.69) is 4.98 Å². The van der Waals surface area contributed by atoms with E-state index < -0.39 is 28.1 Å². The number of oxazole rings is 1. The maximum atomic E-state index is 10.9. The zero-order valence-corrected chi connectivity index (χ0v) is 11.3. The zero-order chi connectivity index (χ0) is 16.7. The quantitative estimate of drug-likeness (QED) is 0.493. The van der Waals surface area contributed by atoms with Gasteiger partial charge in [-0.15, -0.1) is 0 Å². The van der Waals surface area contributed by atoms with Gasteiger partial charge >= 0.3 is 11.7 Å². The SMILES string of the molecule is O=C(O)c1ccc(-c2nc3cc([N+](=O)[O-])c(O)cc3o2)cc1O. The summed E-state index contributed by atoms with van der Waals surface area (Å²) < 4.78 is 5.37. The standard InChI is InChI=1S/C14H8N2O7/c17-10-3-6(1-2-7(10)14(19)20)13-15-8-4-9(16(21)22)11(18)5-12(8)23-13/h1-5,17-18H,(H,19,20). The van der Waals surface area contributed by atoms with Crippen LogP contribution in [0.5, 0.6) is 11.5 Å². The van der Waals surface area contributed by atoms with Crippen LogP contribution in [0.2, 0.25) is 0 Å². The number of fused-ring (bicyclic) bond motifs is 1. The molecule has 0 radical (unpaired) electrons. The Morgan fingerprint density at radius 3 is 2.52 bits per heavy atom. The molecule has 0 unspecified atom stereocenters. The highest BCUT2D eigenvalue weighted by Crippen LogP contribution is 2.34. The topological polar surface area (TPSA) is 147 Å². The number of carboxylic acids is 1. The van der Waals surface area contributed by atoms with Crippen molar-refractivity contribution in [1.29, 1.82) is 0 Å². The fourth-order valence-corrected chi connectivity index (χ4v) is 2.07. The summed E-state index contributed by atoms with van der Waals surface area (Å²) in [5, 5.41) is 38.9. The largest absolute Gasteiger partial charge is 0.507 e. The van der Waals surface area contributed by atoms with Crippen LogP contribution >= 0.6 is 0 Å². The minimum Gasteiger partial charge on any atom is -0.507 e. The number of nitro benzene ring substituents is 1. The number of aromatic carboxylic acids is 1. The van der Waals surface area contributed by atoms with E-state index in [4.69, 9.17) is 9.52 Å². The van der Waals surface area contributed by atoms with Gasteiger partial charge in [0, 0.05) is 17.7 Å². The van der Waals surface area contributed by atoms with Crippen LogP contribution in [0.3, 0.4) is 0 Å². The molecule has 3 aromatic rings. The first kappa shape index (κ1) is 14.3. The van der Waals surface area contributed by atoms with Crippen LogP contribution in [0.25, 0.3) is 22.6 Å². The normalized spacial score (nSPS) is 10.8. The van der Waals surface area contributed by atoms with Crippen LogP contribution in [0, 0.1) is 10.1 Å². The number of hydrogen-bond acceptors (Lipinski definition) is 7. The molecule has 0 aliphatic carbocycles. The Hall–Kier alpha value is -3.62. The molecule has 116 valence electrons. The molecule has 0 atom stereocenters. The molecule has 0 spiro atoms.